The van der Waals surface area contributed by atoms with Crippen LogP contribution in [0.15, 0.2) is 18.5 Å². The van der Waals surface area contributed by atoms with E-state index in [1.54, 1.807) is 12.4 Å². The highest BCUT2D eigenvalue weighted by atomic mass is 19.4. The molecule has 168 valence electrons. The molecule has 0 unspecified atom stereocenters. The molecular formula is C21H29F3N2O4. The number of amides is 1. The molecule has 1 amide bonds. The monoisotopic (exact) mass is 430 g/mol. The zero-order chi connectivity index (χ0) is 21.7. The maximum atomic E-state index is 12.5. The van der Waals surface area contributed by atoms with E-state index in [2.05, 4.69) is 9.72 Å². The second-order valence-corrected chi connectivity index (χ2v) is 8.05. The molecule has 1 saturated carbocycles. The van der Waals surface area contributed by atoms with E-state index < -0.39 is 18.4 Å². The van der Waals surface area contributed by atoms with E-state index in [1.807, 2.05) is 13.0 Å². The minimum Gasteiger partial charge on any atom is -0.490 e. The lowest BCUT2D eigenvalue weighted by Gasteiger charge is -2.36. The van der Waals surface area contributed by atoms with Crippen molar-refractivity contribution in [3.8, 4) is 5.75 Å². The number of alkyl halides is 3. The van der Waals surface area contributed by atoms with Crippen LogP contribution in [0.1, 0.15) is 51.0 Å². The summed E-state index contributed by atoms with van der Waals surface area (Å²) in [4.78, 5) is 17.3. The van der Waals surface area contributed by atoms with Gasteiger partial charge in [-0.25, -0.2) is 4.79 Å². The first kappa shape index (κ1) is 22.7. The van der Waals surface area contributed by atoms with Crippen molar-refractivity contribution in [1.29, 1.82) is 0 Å². The van der Waals surface area contributed by atoms with Crippen LogP contribution in [0.5, 0.6) is 5.75 Å². The number of carbonyl (C=O) groups is 1. The van der Waals surface area contributed by atoms with E-state index in [4.69, 9.17) is 9.47 Å². The van der Waals surface area contributed by atoms with Crippen LogP contribution in [-0.4, -0.2) is 59.7 Å². The lowest BCUT2D eigenvalue weighted by atomic mass is 9.94. The van der Waals surface area contributed by atoms with Crippen LogP contribution in [0.25, 0.3) is 0 Å². The van der Waals surface area contributed by atoms with Crippen LogP contribution in [0.4, 0.5) is 18.0 Å². The molecule has 9 heteroatoms. The van der Waals surface area contributed by atoms with Gasteiger partial charge in [-0.2, -0.15) is 13.2 Å². The SMILES string of the molecule is Cc1cnccc1OC1CCC(OC2CCN(C(=O)O[C@H](C)C(F)(F)F)CC2)CC1. The Balaban J connectivity index is 1.36. The number of ether oxygens (including phenoxy) is 3. The Labute approximate surface area is 174 Å². The summed E-state index contributed by atoms with van der Waals surface area (Å²) in [6.07, 6.45) is 1.10. The number of carbonyl (C=O) groups excluding carboxylic acids is 1. The van der Waals surface area contributed by atoms with Crippen molar-refractivity contribution in [2.24, 2.45) is 0 Å². The van der Waals surface area contributed by atoms with E-state index in [0.29, 0.717) is 25.9 Å². The number of aromatic nitrogens is 1. The number of aryl methyl sites for hydroxylation is 1. The summed E-state index contributed by atoms with van der Waals surface area (Å²) in [6.45, 7) is 3.49. The Bertz CT molecular complexity index is 700. The first-order valence-electron chi connectivity index (χ1n) is 10.5. The first-order valence-corrected chi connectivity index (χ1v) is 10.5. The van der Waals surface area contributed by atoms with Crippen molar-refractivity contribution < 1.29 is 32.2 Å². The number of likely N-dealkylation sites (tertiary alicyclic amines) is 1. The Morgan fingerprint density at radius 2 is 1.70 bits per heavy atom. The second-order valence-electron chi connectivity index (χ2n) is 8.05. The molecule has 0 spiro atoms. The lowest BCUT2D eigenvalue weighted by molar-refractivity contribution is -0.200. The minimum absolute atomic E-state index is 0.0130. The van der Waals surface area contributed by atoms with Gasteiger partial charge in [0.25, 0.3) is 0 Å². The fourth-order valence-electron chi connectivity index (χ4n) is 3.80. The highest BCUT2D eigenvalue weighted by Gasteiger charge is 2.40. The van der Waals surface area contributed by atoms with E-state index >= 15 is 0 Å². The summed E-state index contributed by atoms with van der Waals surface area (Å²) in [6, 6.07) is 1.88. The van der Waals surface area contributed by atoms with Gasteiger partial charge >= 0.3 is 12.3 Å². The largest absolute Gasteiger partial charge is 0.490 e. The number of halogens is 3. The third-order valence-corrected chi connectivity index (χ3v) is 5.71. The molecule has 1 atom stereocenters. The average Bonchev–Trinajstić information content (AvgIpc) is 2.71. The number of pyridine rings is 1. The third kappa shape index (κ3) is 6.23. The fraction of sp³-hybridized carbons (Fsp3) is 0.714. The van der Waals surface area contributed by atoms with Crippen LogP contribution in [0.3, 0.4) is 0 Å². The molecule has 30 heavy (non-hydrogen) atoms. The lowest BCUT2D eigenvalue weighted by Crippen LogP contribution is -2.44. The zero-order valence-corrected chi connectivity index (χ0v) is 17.4. The highest BCUT2D eigenvalue weighted by Crippen LogP contribution is 2.29. The number of piperidine rings is 1. The van der Waals surface area contributed by atoms with Gasteiger partial charge in [-0.05, 0) is 58.4 Å². The van der Waals surface area contributed by atoms with Crippen LogP contribution in [0, 0.1) is 6.92 Å². The summed E-state index contributed by atoms with van der Waals surface area (Å²) in [5.41, 5.74) is 1.02. The van der Waals surface area contributed by atoms with Crippen LogP contribution >= 0.6 is 0 Å². The Morgan fingerprint density at radius 1 is 1.10 bits per heavy atom. The molecule has 2 aliphatic rings. The first-order chi connectivity index (χ1) is 14.2. The summed E-state index contributed by atoms with van der Waals surface area (Å²) in [5, 5.41) is 0. The summed E-state index contributed by atoms with van der Waals surface area (Å²) in [5.74, 6) is 0.869. The van der Waals surface area contributed by atoms with Gasteiger partial charge < -0.3 is 19.1 Å². The van der Waals surface area contributed by atoms with Crippen molar-refractivity contribution in [3.05, 3.63) is 24.0 Å². The normalized spacial score (nSPS) is 24.4. The van der Waals surface area contributed by atoms with Gasteiger partial charge in [0.2, 0.25) is 0 Å². The molecule has 0 radical (unpaired) electrons. The smallest absolute Gasteiger partial charge is 0.425 e. The quantitative estimate of drug-likeness (QED) is 0.681. The minimum atomic E-state index is -4.55. The molecule has 0 N–H and O–H groups in total. The third-order valence-electron chi connectivity index (χ3n) is 5.71. The molecule has 0 aromatic carbocycles. The van der Waals surface area contributed by atoms with Crippen molar-refractivity contribution in [2.75, 3.05) is 13.1 Å². The molecule has 1 saturated heterocycles. The van der Waals surface area contributed by atoms with Gasteiger partial charge in [0, 0.05) is 31.0 Å². The highest BCUT2D eigenvalue weighted by molar-refractivity contribution is 5.68. The van der Waals surface area contributed by atoms with Gasteiger partial charge in [-0.3, -0.25) is 4.98 Å². The fourth-order valence-corrected chi connectivity index (χ4v) is 3.80. The van der Waals surface area contributed by atoms with Gasteiger partial charge in [0.1, 0.15) is 5.75 Å². The topological polar surface area (TPSA) is 60.9 Å². The molecule has 0 bridgehead atoms. The van der Waals surface area contributed by atoms with E-state index in [0.717, 1.165) is 43.9 Å². The Hall–Kier alpha value is -2.03. The van der Waals surface area contributed by atoms with Crippen molar-refractivity contribution in [1.82, 2.24) is 9.88 Å². The summed E-state index contributed by atoms with van der Waals surface area (Å²) in [7, 11) is 0. The van der Waals surface area contributed by atoms with Gasteiger partial charge in [-0.15, -0.1) is 0 Å². The van der Waals surface area contributed by atoms with Gasteiger partial charge in [0.05, 0.1) is 18.3 Å². The maximum Gasteiger partial charge on any atom is 0.425 e. The van der Waals surface area contributed by atoms with Crippen molar-refractivity contribution >= 4 is 6.09 Å². The molecular weight excluding hydrogens is 401 g/mol. The van der Waals surface area contributed by atoms with Crippen LogP contribution < -0.4 is 4.74 Å². The van der Waals surface area contributed by atoms with Crippen molar-refractivity contribution in [3.63, 3.8) is 0 Å². The number of nitrogens with zero attached hydrogens (tertiary/aromatic N) is 2. The van der Waals surface area contributed by atoms with Crippen molar-refractivity contribution in [2.45, 2.75) is 83.0 Å². The molecule has 3 rings (SSSR count). The number of hydrogen-bond donors (Lipinski definition) is 0. The standard InChI is InChI=1S/C21H29F3N2O4/c1-14-13-25-10-7-19(14)30-17-5-3-16(4-6-17)29-18-8-11-26(12-9-18)20(27)28-15(2)21(22,23)24/h7,10,13,15-18H,3-6,8-9,11-12H2,1-2H3/t15-,16?,17?/m1/s1. The Kier molecular flexibility index (Phi) is 7.44. The van der Waals surface area contributed by atoms with Crippen LogP contribution in [0.2, 0.25) is 0 Å². The molecule has 1 aromatic heterocycles. The average molecular weight is 430 g/mol. The van der Waals surface area contributed by atoms with Gasteiger partial charge in [0.15, 0.2) is 6.10 Å². The molecule has 1 aliphatic carbocycles. The predicted octanol–water partition coefficient (Wildman–Crippen LogP) is 4.65. The second kappa shape index (κ2) is 9.85. The molecule has 2 heterocycles. The summed E-state index contributed by atoms with van der Waals surface area (Å²) < 4.78 is 54.4. The van der Waals surface area contributed by atoms with E-state index in [-0.39, 0.29) is 18.3 Å². The molecule has 1 aromatic rings. The van der Waals surface area contributed by atoms with Gasteiger partial charge in [-0.1, -0.05) is 0 Å². The zero-order valence-electron chi connectivity index (χ0n) is 17.4. The van der Waals surface area contributed by atoms with E-state index in [1.165, 1.54) is 4.90 Å². The summed E-state index contributed by atoms with van der Waals surface area (Å²) >= 11 is 0. The Morgan fingerprint density at radius 3 is 2.30 bits per heavy atom. The molecule has 1 aliphatic heterocycles. The predicted molar refractivity (Wildman–Crippen MR) is 103 cm³/mol. The molecule has 2 fully saturated rings. The maximum absolute atomic E-state index is 12.5. The van der Waals surface area contributed by atoms with E-state index in [9.17, 15) is 18.0 Å². The number of rotatable bonds is 5. The molecule has 6 nitrogen and oxygen atoms in total. The van der Waals surface area contributed by atoms with Crippen LogP contribution in [-0.2, 0) is 9.47 Å². The number of hydrogen-bond acceptors (Lipinski definition) is 5.